The van der Waals surface area contributed by atoms with Crippen LogP contribution in [-0.2, 0) is 49.6 Å². The lowest BCUT2D eigenvalue weighted by Gasteiger charge is -2.26. The maximum absolute atomic E-state index is 13.8. The minimum absolute atomic E-state index is 0.00392. The van der Waals surface area contributed by atoms with Crippen LogP contribution in [0.2, 0.25) is 0 Å². The Kier molecular flexibility index (Phi) is 28.3. The average molecular weight is 920 g/mol. The number of amides is 7. The molecule has 21 nitrogen and oxygen atoms in total. The van der Waals surface area contributed by atoms with Crippen LogP contribution >= 0.6 is 0 Å². The molecule has 0 spiro atoms. The summed E-state index contributed by atoms with van der Waals surface area (Å²) >= 11 is 0. The third-order valence-electron chi connectivity index (χ3n) is 10.00. The quantitative estimate of drug-likeness (QED) is 0.0382. The number of aliphatic hydroxyl groups is 1. The molecular weight excluding hydrogens is 847 g/mol. The van der Waals surface area contributed by atoms with Crippen molar-refractivity contribution >= 4 is 53.3 Å². The normalized spacial score (nSPS) is 13.9. The first-order chi connectivity index (χ1) is 30.8. The number of carbonyl (C=O) groups excluding carboxylic acids is 7. The number of aliphatic carboxylic acids is 2. The summed E-state index contributed by atoms with van der Waals surface area (Å²) in [6, 6.07) is 1.96. The average Bonchev–Trinajstić information content (AvgIpc) is 3.23. The lowest BCUT2D eigenvalue weighted by atomic mass is 10.0. The van der Waals surface area contributed by atoms with Crippen LogP contribution in [-0.4, -0.2) is 131 Å². The molecule has 1 aromatic rings. The summed E-state index contributed by atoms with van der Waals surface area (Å²) < 4.78 is 0. The van der Waals surface area contributed by atoms with Crippen LogP contribution in [0.15, 0.2) is 30.3 Å². The SMILES string of the molecule is CC(C)C[C@H](NC(=O)[C@H](Cc1ccccc1)NC(=O)[C@H](CCCCN)NC(=O)CCCCCNC(=O)[C@H](CC(=O)O)NC(=O)[C@H](CCC(=O)O)NC(=O)[C@@H](N)CC(C)C)C(=O)NCCO. The first kappa shape index (κ1) is 57.3. The van der Waals surface area contributed by atoms with Crippen molar-refractivity contribution in [3.8, 4) is 0 Å². The highest BCUT2D eigenvalue weighted by molar-refractivity contribution is 5.95. The van der Waals surface area contributed by atoms with Gasteiger partial charge in [-0.1, -0.05) is 64.4 Å². The predicted octanol–water partition coefficient (Wildman–Crippen LogP) is -0.674. The molecule has 7 amide bonds. The van der Waals surface area contributed by atoms with Gasteiger partial charge in [-0.15, -0.1) is 0 Å². The first-order valence-corrected chi connectivity index (χ1v) is 22.4. The van der Waals surface area contributed by atoms with Gasteiger partial charge in [-0.25, -0.2) is 0 Å². The molecule has 1 rings (SSSR count). The summed E-state index contributed by atoms with van der Waals surface area (Å²) in [5.41, 5.74) is 12.3. The fourth-order valence-corrected chi connectivity index (χ4v) is 6.65. The fourth-order valence-electron chi connectivity index (χ4n) is 6.65. The largest absolute Gasteiger partial charge is 0.481 e. The molecule has 65 heavy (non-hydrogen) atoms. The van der Waals surface area contributed by atoms with E-state index in [-0.39, 0.29) is 63.6 Å². The van der Waals surface area contributed by atoms with E-state index in [0.29, 0.717) is 45.1 Å². The topological polar surface area (TPSA) is 351 Å². The van der Waals surface area contributed by atoms with Crippen LogP contribution in [0.5, 0.6) is 0 Å². The maximum atomic E-state index is 13.8. The lowest BCUT2D eigenvalue weighted by Crippen LogP contribution is -2.57. The predicted molar refractivity (Wildman–Crippen MR) is 240 cm³/mol. The number of carboxylic acid groups (broad SMARTS) is 2. The van der Waals surface area contributed by atoms with Crippen LogP contribution in [0.1, 0.15) is 110 Å². The standard InChI is InChI=1S/C44H73N9O12/c1-27(2)23-30(46)39(60)50-32(17-18-37(56)57)43(64)53-35(26-38(58)59)41(62)47-20-12-6-9-16-36(55)49-31(15-10-11-19-45)42(63)52-34(25-29-13-7-5-8-14-29)44(65)51-33(24-28(3)4)40(61)48-21-22-54/h5,7-8,13-14,27-28,30-35,54H,6,9-12,15-26,45-46H2,1-4H3,(H,47,62)(H,48,61)(H,49,55)(H,50,60)(H,51,65)(H,52,63)(H,53,64)(H,56,57)(H,58,59)/t30-,31-,32-,33-,34-,35-/m0/s1. The molecule has 21 heteroatoms. The number of nitrogens with two attached hydrogens (primary N) is 2. The second kappa shape index (κ2) is 32.1. The maximum Gasteiger partial charge on any atom is 0.305 e. The molecule has 0 saturated heterocycles. The molecule has 1 aromatic carbocycles. The molecule has 0 saturated carbocycles. The minimum atomic E-state index is -1.56. The molecule has 14 N–H and O–H groups in total. The van der Waals surface area contributed by atoms with E-state index < -0.39 is 102 Å². The van der Waals surface area contributed by atoms with Crippen molar-refractivity contribution in [2.75, 3.05) is 26.2 Å². The highest BCUT2D eigenvalue weighted by Gasteiger charge is 2.32. The number of unbranched alkanes of at least 4 members (excludes halogenated alkanes) is 3. The van der Waals surface area contributed by atoms with Crippen molar-refractivity contribution in [3.05, 3.63) is 35.9 Å². The monoisotopic (exact) mass is 920 g/mol. The molecule has 0 aliphatic rings. The van der Waals surface area contributed by atoms with Crippen LogP contribution in [0, 0.1) is 11.8 Å². The number of benzene rings is 1. The van der Waals surface area contributed by atoms with E-state index in [9.17, 15) is 53.4 Å². The van der Waals surface area contributed by atoms with Gasteiger partial charge >= 0.3 is 11.9 Å². The number of rotatable bonds is 34. The minimum Gasteiger partial charge on any atom is -0.481 e. The molecule has 0 aromatic heterocycles. The summed E-state index contributed by atoms with van der Waals surface area (Å²) in [4.78, 5) is 115. The number of hydrogen-bond donors (Lipinski definition) is 12. The second-order valence-electron chi connectivity index (χ2n) is 16.9. The van der Waals surface area contributed by atoms with Gasteiger partial charge in [0.2, 0.25) is 41.4 Å². The fraction of sp³-hybridized carbons (Fsp3) is 0.659. The highest BCUT2D eigenvalue weighted by Crippen LogP contribution is 2.11. The zero-order valence-electron chi connectivity index (χ0n) is 38.2. The van der Waals surface area contributed by atoms with Crippen molar-refractivity contribution in [2.24, 2.45) is 23.3 Å². The van der Waals surface area contributed by atoms with Crippen molar-refractivity contribution in [2.45, 2.75) is 147 Å². The number of aliphatic hydroxyl groups excluding tert-OH is 1. The Labute approximate surface area is 381 Å². The molecule has 0 heterocycles. The van der Waals surface area contributed by atoms with E-state index in [1.807, 2.05) is 33.8 Å². The van der Waals surface area contributed by atoms with E-state index in [0.717, 1.165) is 5.56 Å². The zero-order valence-corrected chi connectivity index (χ0v) is 38.2. The van der Waals surface area contributed by atoms with Crippen LogP contribution in [0.4, 0.5) is 0 Å². The molecule has 0 unspecified atom stereocenters. The van der Waals surface area contributed by atoms with Gasteiger partial charge in [0.1, 0.15) is 30.2 Å². The van der Waals surface area contributed by atoms with Crippen molar-refractivity contribution < 1.29 is 58.5 Å². The second-order valence-corrected chi connectivity index (χ2v) is 16.9. The van der Waals surface area contributed by atoms with Gasteiger partial charge in [0, 0.05) is 32.4 Å². The van der Waals surface area contributed by atoms with E-state index in [1.54, 1.807) is 24.3 Å². The van der Waals surface area contributed by atoms with Gasteiger partial charge in [-0.05, 0) is 75.3 Å². The van der Waals surface area contributed by atoms with Gasteiger partial charge in [0.05, 0.1) is 19.1 Å². The Morgan fingerprint density at radius 1 is 0.554 bits per heavy atom. The van der Waals surface area contributed by atoms with Crippen molar-refractivity contribution in [1.82, 2.24) is 37.2 Å². The van der Waals surface area contributed by atoms with Crippen molar-refractivity contribution in [3.63, 3.8) is 0 Å². The Bertz CT molecular complexity index is 1680. The lowest BCUT2D eigenvalue weighted by molar-refractivity contribution is -0.141. The number of carboxylic acids is 2. The molecule has 0 aliphatic carbocycles. The molecule has 6 atom stereocenters. The summed E-state index contributed by atoms with van der Waals surface area (Å²) in [7, 11) is 0. The smallest absolute Gasteiger partial charge is 0.305 e. The number of nitrogens with one attached hydrogen (secondary N) is 7. The number of hydrogen-bond acceptors (Lipinski definition) is 12. The molecular formula is C44H73N9O12. The molecule has 0 radical (unpaired) electrons. The van der Waals surface area contributed by atoms with E-state index >= 15 is 0 Å². The Balaban J connectivity index is 2.93. The van der Waals surface area contributed by atoms with Gasteiger partial charge in [-0.2, -0.15) is 0 Å². The molecule has 0 bridgehead atoms. The zero-order chi connectivity index (χ0) is 48.9. The van der Waals surface area contributed by atoms with Crippen molar-refractivity contribution in [1.29, 1.82) is 0 Å². The van der Waals surface area contributed by atoms with Crippen LogP contribution in [0.3, 0.4) is 0 Å². The third kappa shape index (κ3) is 25.4. The summed E-state index contributed by atoms with van der Waals surface area (Å²) in [5, 5.41) is 46.0. The molecule has 0 fully saturated rings. The summed E-state index contributed by atoms with van der Waals surface area (Å²) in [5.74, 6) is -7.18. The van der Waals surface area contributed by atoms with Gasteiger partial charge in [-0.3, -0.25) is 43.2 Å². The molecule has 0 aliphatic heterocycles. The molecule has 366 valence electrons. The Hall–Kier alpha value is -5.67. The summed E-state index contributed by atoms with van der Waals surface area (Å²) in [6.45, 7) is 7.59. The van der Waals surface area contributed by atoms with Gasteiger partial charge in [0.25, 0.3) is 0 Å². The van der Waals surface area contributed by atoms with Gasteiger partial charge < -0.3 is 64.0 Å². The van der Waals surface area contributed by atoms with E-state index in [1.165, 1.54) is 0 Å². The third-order valence-corrected chi connectivity index (χ3v) is 10.00. The van der Waals surface area contributed by atoms with E-state index in [2.05, 4.69) is 37.2 Å². The van der Waals surface area contributed by atoms with Crippen LogP contribution in [0.25, 0.3) is 0 Å². The van der Waals surface area contributed by atoms with Crippen LogP contribution < -0.4 is 48.7 Å². The Morgan fingerprint density at radius 2 is 1.11 bits per heavy atom. The first-order valence-electron chi connectivity index (χ1n) is 22.4. The highest BCUT2D eigenvalue weighted by atomic mass is 16.4. The number of carbonyl (C=O) groups is 9. The summed E-state index contributed by atoms with van der Waals surface area (Å²) in [6.07, 6.45) is 1.46. The van der Waals surface area contributed by atoms with E-state index in [4.69, 9.17) is 16.6 Å². The van der Waals surface area contributed by atoms with Gasteiger partial charge in [0.15, 0.2) is 0 Å². The Morgan fingerprint density at radius 3 is 1.69 bits per heavy atom.